The van der Waals surface area contributed by atoms with E-state index in [1.54, 1.807) is 23.1 Å². The topological polar surface area (TPSA) is 75.1 Å². The van der Waals surface area contributed by atoms with Crippen LogP contribution in [0.2, 0.25) is 0 Å². The van der Waals surface area contributed by atoms with Crippen LogP contribution in [0.5, 0.6) is 0 Å². The number of anilines is 1. The van der Waals surface area contributed by atoms with Gasteiger partial charge in [-0.1, -0.05) is 6.92 Å². The van der Waals surface area contributed by atoms with Crippen molar-refractivity contribution < 1.29 is 9.90 Å². The van der Waals surface area contributed by atoms with Crippen molar-refractivity contribution in [1.29, 1.82) is 0 Å². The van der Waals surface area contributed by atoms with Crippen LogP contribution in [0.25, 0.3) is 10.2 Å². The largest absolute Gasteiger partial charge is 0.480 e. The number of hydrogen-bond donors (Lipinski definition) is 2. The van der Waals surface area contributed by atoms with Gasteiger partial charge in [0.2, 0.25) is 0 Å². The number of carboxylic acid groups (broad SMARTS) is 1. The molecule has 0 aromatic carbocycles. The summed E-state index contributed by atoms with van der Waals surface area (Å²) in [5, 5.41) is 13.2. The van der Waals surface area contributed by atoms with Crippen LogP contribution < -0.4 is 5.32 Å². The summed E-state index contributed by atoms with van der Waals surface area (Å²) in [7, 11) is 0. The van der Waals surface area contributed by atoms with E-state index in [1.807, 2.05) is 12.3 Å². The summed E-state index contributed by atoms with van der Waals surface area (Å²) in [6.07, 6.45) is 4.95. The third-order valence-corrected chi connectivity index (χ3v) is 4.78. The minimum atomic E-state index is -0.850. The standard InChI is InChI=1S/C13H17N3O2S2/c1-3-8-6-9-11(14-7-15-12(9)20-8)16-10(13(17)18)4-5-19-2/h6-7,10H,3-5H2,1-2H3,(H,17,18)(H,14,15,16). The predicted octanol–water partition coefficient (Wildman–Crippen LogP) is 2.87. The number of aliphatic carboxylic acids is 1. The molecule has 108 valence electrons. The van der Waals surface area contributed by atoms with Crippen molar-refractivity contribution in [3.8, 4) is 0 Å². The Kier molecular flexibility index (Phi) is 5.19. The first-order valence-corrected chi connectivity index (χ1v) is 8.58. The molecule has 2 rings (SSSR count). The second-order valence-corrected chi connectivity index (χ2v) is 6.42. The number of thioether (sulfide) groups is 1. The monoisotopic (exact) mass is 311 g/mol. The molecule has 0 aliphatic rings. The van der Waals surface area contributed by atoms with E-state index in [-0.39, 0.29) is 0 Å². The van der Waals surface area contributed by atoms with Gasteiger partial charge in [-0.05, 0) is 30.9 Å². The zero-order valence-electron chi connectivity index (χ0n) is 11.4. The molecule has 2 aromatic rings. The molecule has 0 aliphatic heterocycles. The Morgan fingerprint density at radius 2 is 2.35 bits per heavy atom. The number of nitrogens with zero attached hydrogens (tertiary/aromatic N) is 2. The first kappa shape index (κ1) is 15.1. The lowest BCUT2D eigenvalue weighted by Gasteiger charge is -2.14. The molecule has 2 aromatic heterocycles. The van der Waals surface area contributed by atoms with Gasteiger partial charge in [-0.15, -0.1) is 11.3 Å². The van der Waals surface area contributed by atoms with E-state index >= 15 is 0 Å². The Hall–Kier alpha value is -1.34. The molecular formula is C13H17N3O2S2. The number of rotatable bonds is 7. The summed E-state index contributed by atoms with van der Waals surface area (Å²) in [5.41, 5.74) is 0. The highest BCUT2D eigenvalue weighted by atomic mass is 32.2. The molecular weight excluding hydrogens is 294 g/mol. The number of fused-ring (bicyclic) bond motifs is 1. The van der Waals surface area contributed by atoms with Crippen LogP contribution in [0.1, 0.15) is 18.2 Å². The smallest absolute Gasteiger partial charge is 0.326 e. The molecule has 7 heteroatoms. The van der Waals surface area contributed by atoms with Gasteiger partial charge in [0.25, 0.3) is 0 Å². The molecule has 1 unspecified atom stereocenters. The highest BCUT2D eigenvalue weighted by Gasteiger charge is 2.19. The lowest BCUT2D eigenvalue weighted by Crippen LogP contribution is -2.30. The van der Waals surface area contributed by atoms with Crippen molar-refractivity contribution in [2.24, 2.45) is 0 Å². The van der Waals surface area contributed by atoms with Gasteiger partial charge < -0.3 is 10.4 Å². The maximum Gasteiger partial charge on any atom is 0.326 e. The zero-order chi connectivity index (χ0) is 14.5. The quantitative estimate of drug-likeness (QED) is 0.819. The van der Waals surface area contributed by atoms with Crippen molar-refractivity contribution >= 4 is 45.1 Å². The van der Waals surface area contributed by atoms with Crippen LogP contribution in [0.3, 0.4) is 0 Å². The molecule has 0 radical (unpaired) electrons. The van der Waals surface area contributed by atoms with Crippen LogP contribution in [-0.2, 0) is 11.2 Å². The van der Waals surface area contributed by atoms with Crippen molar-refractivity contribution in [2.75, 3.05) is 17.3 Å². The first-order valence-electron chi connectivity index (χ1n) is 6.37. The third-order valence-electron chi connectivity index (χ3n) is 2.95. The molecule has 2 heterocycles. The van der Waals surface area contributed by atoms with Crippen LogP contribution in [0.15, 0.2) is 12.4 Å². The van der Waals surface area contributed by atoms with Gasteiger partial charge in [0, 0.05) is 4.88 Å². The van der Waals surface area contributed by atoms with Gasteiger partial charge in [-0.2, -0.15) is 11.8 Å². The summed E-state index contributed by atoms with van der Waals surface area (Å²) in [6.45, 7) is 2.09. The third kappa shape index (κ3) is 3.40. The van der Waals surface area contributed by atoms with Gasteiger partial charge in [-0.3, -0.25) is 0 Å². The van der Waals surface area contributed by atoms with E-state index in [9.17, 15) is 9.90 Å². The summed E-state index contributed by atoms with van der Waals surface area (Å²) in [6, 6.07) is 1.42. The summed E-state index contributed by atoms with van der Waals surface area (Å²) < 4.78 is 0. The number of nitrogens with one attached hydrogen (secondary N) is 1. The number of aryl methyl sites for hydroxylation is 1. The molecule has 20 heavy (non-hydrogen) atoms. The molecule has 0 spiro atoms. The van der Waals surface area contributed by atoms with E-state index in [0.717, 1.165) is 22.4 Å². The normalized spacial score (nSPS) is 12.5. The minimum absolute atomic E-state index is 0.562. The second kappa shape index (κ2) is 6.90. The molecule has 0 bridgehead atoms. The van der Waals surface area contributed by atoms with Gasteiger partial charge >= 0.3 is 5.97 Å². The average Bonchev–Trinajstić information content (AvgIpc) is 2.87. The van der Waals surface area contributed by atoms with E-state index < -0.39 is 12.0 Å². The van der Waals surface area contributed by atoms with Crippen LogP contribution in [0, 0.1) is 0 Å². The van der Waals surface area contributed by atoms with Crippen molar-refractivity contribution in [3.63, 3.8) is 0 Å². The van der Waals surface area contributed by atoms with Crippen LogP contribution in [-0.4, -0.2) is 39.1 Å². The summed E-state index contributed by atoms with van der Waals surface area (Å²) in [4.78, 5) is 21.9. The summed E-state index contributed by atoms with van der Waals surface area (Å²) >= 11 is 3.26. The molecule has 1 atom stereocenters. The molecule has 0 aliphatic carbocycles. The highest BCUT2D eigenvalue weighted by Crippen LogP contribution is 2.28. The number of carboxylic acids is 1. The Balaban J connectivity index is 2.26. The lowest BCUT2D eigenvalue weighted by molar-refractivity contribution is -0.137. The lowest BCUT2D eigenvalue weighted by atomic mass is 10.2. The van der Waals surface area contributed by atoms with Crippen molar-refractivity contribution in [2.45, 2.75) is 25.8 Å². The molecule has 0 fully saturated rings. The number of hydrogen-bond acceptors (Lipinski definition) is 6. The Labute approximate surface area is 125 Å². The van der Waals surface area contributed by atoms with Crippen LogP contribution in [0.4, 0.5) is 5.82 Å². The maximum atomic E-state index is 11.3. The summed E-state index contributed by atoms with van der Waals surface area (Å²) in [5.74, 6) is 0.554. The van der Waals surface area contributed by atoms with E-state index in [1.165, 1.54) is 11.2 Å². The fourth-order valence-corrected chi connectivity index (χ4v) is 3.26. The molecule has 0 amide bonds. The first-order chi connectivity index (χ1) is 9.65. The second-order valence-electron chi connectivity index (χ2n) is 4.32. The van der Waals surface area contributed by atoms with E-state index in [2.05, 4.69) is 22.2 Å². The van der Waals surface area contributed by atoms with Gasteiger partial charge in [0.1, 0.15) is 23.0 Å². The molecule has 2 N–H and O–H groups in total. The van der Waals surface area contributed by atoms with Crippen molar-refractivity contribution in [1.82, 2.24) is 9.97 Å². The number of aromatic nitrogens is 2. The van der Waals surface area contributed by atoms with E-state index in [4.69, 9.17) is 0 Å². The number of thiophene rings is 1. The predicted molar refractivity (Wildman–Crippen MR) is 84.8 cm³/mol. The molecule has 0 saturated heterocycles. The van der Waals surface area contributed by atoms with Crippen molar-refractivity contribution in [3.05, 3.63) is 17.3 Å². The van der Waals surface area contributed by atoms with Gasteiger partial charge in [-0.25, -0.2) is 14.8 Å². The molecule has 5 nitrogen and oxygen atoms in total. The number of carbonyl (C=O) groups is 1. The Morgan fingerprint density at radius 3 is 3.00 bits per heavy atom. The fourth-order valence-electron chi connectivity index (χ4n) is 1.85. The molecule has 0 saturated carbocycles. The fraction of sp³-hybridized carbons (Fsp3) is 0.462. The van der Waals surface area contributed by atoms with Crippen LogP contribution >= 0.6 is 23.1 Å². The van der Waals surface area contributed by atoms with Gasteiger partial charge in [0.05, 0.1) is 5.39 Å². The SMILES string of the molecule is CCc1cc2c(NC(CCSC)C(=O)O)ncnc2s1. The minimum Gasteiger partial charge on any atom is -0.480 e. The Bertz CT molecular complexity index is 600. The zero-order valence-corrected chi connectivity index (χ0v) is 13.1. The van der Waals surface area contributed by atoms with E-state index in [0.29, 0.717) is 12.2 Å². The van der Waals surface area contributed by atoms with Gasteiger partial charge in [0.15, 0.2) is 0 Å². The Morgan fingerprint density at radius 1 is 1.55 bits per heavy atom. The average molecular weight is 311 g/mol. The highest BCUT2D eigenvalue weighted by molar-refractivity contribution is 7.98. The maximum absolute atomic E-state index is 11.3.